The Kier molecular flexibility index (Phi) is 3.38. The van der Waals surface area contributed by atoms with Crippen LogP contribution in [-0.2, 0) is 9.59 Å². The van der Waals surface area contributed by atoms with Crippen molar-refractivity contribution in [3.63, 3.8) is 0 Å². The molecule has 2 heterocycles. The molecule has 2 rings (SSSR count). The standard InChI is InChI=1S/C12H21N3O2/c1-12(2)11(17)14-7-8-15(12)10(16)9-5-3-4-6-13-9/h9,13H,3-8H2,1-2H3,(H,14,17). The number of nitrogens with zero attached hydrogens (tertiary/aromatic N) is 1. The summed E-state index contributed by atoms with van der Waals surface area (Å²) in [5.41, 5.74) is -0.728. The Morgan fingerprint density at radius 1 is 1.35 bits per heavy atom. The van der Waals surface area contributed by atoms with Gasteiger partial charge in [-0.2, -0.15) is 0 Å². The van der Waals surface area contributed by atoms with Crippen LogP contribution in [0.3, 0.4) is 0 Å². The number of hydrogen-bond donors (Lipinski definition) is 2. The maximum absolute atomic E-state index is 12.4. The van der Waals surface area contributed by atoms with Crippen LogP contribution in [0.5, 0.6) is 0 Å². The first-order chi connectivity index (χ1) is 8.03. The Bertz CT molecular complexity index is 322. The molecule has 5 heteroatoms. The molecule has 5 nitrogen and oxygen atoms in total. The van der Waals surface area contributed by atoms with E-state index in [0.717, 1.165) is 25.8 Å². The van der Waals surface area contributed by atoms with E-state index in [1.165, 1.54) is 0 Å². The third-order valence-corrected chi connectivity index (χ3v) is 3.73. The molecule has 0 spiro atoms. The smallest absolute Gasteiger partial charge is 0.245 e. The van der Waals surface area contributed by atoms with E-state index in [4.69, 9.17) is 0 Å². The number of piperazine rings is 1. The molecule has 0 saturated carbocycles. The number of amides is 2. The molecule has 17 heavy (non-hydrogen) atoms. The van der Waals surface area contributed by atoms with Crippen LogP contribution in [0.2, 0.25) is 0 Å². The van der Waals surface area contributed by atoms with Crippen molar-refractivity contribution in [2.45, 2.75) is 44.7 Å². The second-order valence-corrected chi connectivity index (χ2v) is 5.31. The van der Waals surface area contributed by atoms with E-state index in [1.807, 2.05) is 13.8 Å². The molecule has 1 unspecified atom stereocenters. The largest absolute Gasteiger partial charge is 0.352 e. The fraction of sp³-hybridized carbons (Fsp3) is 0.833. The van der Waals surface area contributed by atoms with Gasteiger partial charge in [-0.15, -0.1) is 0 Å². The van der Waals surface area contributed by atoms with Crippen LogP contribution >= 0.6 is 0 Å². The zero-order chi connectivity index (χ0) is 12.5. The molecule has 1 atom stereocenters. The van der Waals surface area contributed by atoms with Gasteiger partial charge >= 0.3 is 0 Å². The lowest BCUT2D eigenvalue weighted by Crippen LogP contribution is -2.66. The number of piperidine rings is 1. The average molecular weight is 239 g/mol. The van der Waals surface area contributed by atoms with Crippen LogP contribution in [0.4, 0.5) is 0 Å². The van der Waals surface area contributed by atoms with Crippen molar-refractivity contribution in [1.82, 2.24) is 15.5 Å². The van der Waals surface area contributed by atoms with Crippen molar-refractivity contribution >= 4 is 11.8 Å². The second-order valence-electron chi connectivity index (χ2n) is 5.31. The molecule has 0 radical (unpaired) electrons. The second kappa shape index (κ2) is 4.64. The van der Waals surface area contributed by atoms with Gasteiger partial charge in [-0.3, -0.25) is 9.59 Å². The van der Waals surface area contributed by atoms with Crippen molar-refractivity contribution < 1.29 is 9.59 Å². The minimum atomic E-state index is -0.728. The van der Waals surface area contributed by atoms with Gasteiger partial charge in [0.2, 0.25) is 11.8 Å². The first-order valence-corrected chi connectivity index (χ1v) is 6.36. The molecule has 0 aliphatic carbocycles. The van der Waals surface area contributed by atoms with Crippen LogP contribution in [-0.4, -0.2) is 47.9 Å². The number of rotatable bonds is 1. The van der Waals surface area contributed by atoms with Crippen LogP contribution in [0.1, 0.15) is 33.1 Å². The van der Waals surface area contributed by atoms with E-state index in [-0.39, 0.29) is 17.9 Å². The first-order valence-electron chi connectivity index (χ1n) is 6.36. The SMILES string of the molecule is CC1(C)C(=O)NCCN1C(=O)C1CCCCN1. The minimum Gasteiger partial charge on any atom is -0.352 e. The Labute approximate surface area is 102 Å². The number of carbonyl (C=O) groups excluding carboxylic acids is 2. The highest BCUT2D eigenvalue weighted by molar-refractivity contribution is 5.93. The minimum absolute atomic E-state index is 0.0621. The monoisotopic (exact) mass is 239 g/mol. The summed E-state index contributed by atoms with van der Waals surface area (Å²) in [6.45, 7) is 5.68. The van der Waals surface area contributed by atoms with Gasteiger partial charge in [0, 0.05) is 13.1 Å². The van der Waals surface area contributed by atoms with Crippen molar-refractivity contribution in [3.8, 4) is 0 Å². The number of nitrogens with one attached hydrogen (secondary N) is 2. The van der Waals surface area contributed by atoms with Crippen molar-refractivity contribution in [1.29, 1.82) is 0 Å². The fourth-order valence-electron chi connectivity index (χ4n) is 2.54. The lowest BCUT2D eigenvalue weighted by molar-refractivity contribution is -0.151. The van der Waals surface area contributed by atoms with Crippen molar-refractivity contribution in [2.24, 2.45) is 0 Å². The van der Waals surface area contributed by atoms with Gasteiger partial charge in [0.1, 0.15) is 5.54 Å². The molecule has 0 bridgehead atoms. The van der Waals surface area contributed by atoms with Gasteiger partial charge in [-0.1, -0.05) is 6.42 Å². The summed E-state index contributed by atoms with van der Waals surface area (Å²) in [5.74, 6) is 0.0115. The van der Waals surface area contributed by atoms with E-state index in [2.05, 4.69) is 10.6 Å². The Hall–Kier alpha value is -1.10. The first kappa shape index (κ1) is 12.4. The molecular formula is C12H21N3O2. The predicted molar refractivity (Wildman–Crippen MR) is 64.4 cm³/mol. The lowest BCUT2D eigenvalue weighted by atomic mass is 9.95. The van der Waals surface area contributed by atoms with Crippen LogP contribution < -0.4 is 10.6 Å². The Balaban J connectivity index is 2.09. The summed E-state index contributed by atoms with van der Waals surface area (Å²) in [7, 11) is 0. The molecule has 0 aromatic rings. The highest BCUT2D eigenvalue weighted by atomic mass is 16.2. The summed E-state index contributed by atoms with van der Waals surface area (Å²) in [6, 6.07) is -0.103. The molecular weight excluding hydrogens is 218 g/mol. The summed E-state index contributed by atoms with van der Waals surface area (Å²) >= 11 is 0. The predicted octanol–water partition coefficient (Wildman–Crippen LogP) is -0.134. The van der Waals surface area contributed by atoms with Gasteiger partial charge in [-0.25, -0.2) is 0 Å². The normalized spacial score (nSPS) is 28.7. The van der Waals surface area contributed by atoms with Gasteiger partial charge in [-0.05, 0) is 33.2 Å². The Morgan fingerprint density at radius 2 is 2.12 bits per heavy atom. The summed E-state index contributed by atoms with van der Waals surface area (Å²) < 4.78 is 0. The molecule has 2 fully saturated rings. The molecule has 0 aromatic heterocycles. The summed E-state index contributed by atoms with van der Waals surface area (Å²) in [5, 5.41) is 6.05. The molecule has 96 valence electrons. The van der Waals surface area contributed by atoms with Gasteiger partial charge in [0.05, 0.1) is 6.04 Å². The maximum Gasteiger partial charge on any atom is 0.245 e. The highest BCUT2D eigenvalue weighted by Crippen LogP contribution is 2.20. The van der Waals surface area contributed by atoms with Crippen molar-refractivity contribution in [3.05, 3.63) is 0 Å². The summed E-state index contributed by atoms with van der Waals surface area (Å²) in [4.78, 5) is 25.9. The van der Waals surface area contributed by atoms with Gasteiger partial charge < -0.3 is 15.5 Å². The molecule has 2 aliphatic rings. The maximum atomic E-state index is 12.4. The van der Waals surface area contributed by atoms with Crippen LogP contribution in [0, 0.1) is 0 Å². The number of hydrogen-bond acceptors (Lipinski definition) is 3. The van der Waals surface area contributed by atoms with Crippen LogP contribution in [0.25, 0.3) is 0 Å². The Morgan fingerprint density at radius 3 is 2.76 bits per heavy atom. The van der Waals surface area contributed by atoms with E-state index in [0.29, 0.717) is 13.1 Å². The zero-order valence-corrected chi connectivity index (χ0v) is 10.6. The topological polar surface area (TPSA) is 61.4 Å². The lowest BCUT2D eigenvalue weighted by Gasteiger charge is -2.43. The third kappa shape index (κ3) is 2.29. The average Bonchev–Trinajstić information content (AvgIpc) is 2.33. The summed E-state index contributed by atoms with van der Waals surface area (Å²) in [6.07, 6.45) is 3.10. The van der Waals surface area contributed by atoms with E-state index < -0.39 is 5.54 Å². The molecule has 2 aliphatic heterocycles. The number of carbonyl (C=O) groups is 2. The quantitative estimate of drug-likeness (QED) is 0.670. The third-order valence-electron chi connectivity index (χ3n) is 3.73. The molecule has 0 aromatic carbocycles. The molecule has 2 N–H and O–H groups in total. The van der Waals surface area contributed by atoms with Gasteiger partial charge in [0.15, 0.2) is 0 Å². The fourth-order valence-corrected chi connectivity index (χ4v) is 2.54. The van der Waals surface area contributed by atoms with E-state index in [9.17, 15) is 9.59 Å². The van der Waals surface area contributed by atoms with Crippen LogP contribution in [0.15, 0.2) is 0 Å². The highest BCUT2D eigenvalue weighted by Gasteiger charge is 2.42. The molecule has 2 saturated heterocycles. The zero-order valence-electron chi connectivity index (χ0n) is 10.6. The van der Waals surface area contributed by atoms with E-state index in [1.54, 1.807) is 4.90 Å². The molecule has 2 amide bonds. The van der Waals surface area contributed by atoms with E-state index >= 15 is 0 Å². The van der Waals surface area contributed by atoms with Gasteiger partial charge in [0.25, 0.3) is 0 Å². The van der Waals surface area contributed by atoms with Crippen molar-refractivity contribution in [2.75, 3.05) is 19.6 Å².